The van der Waals surface area contributed by atoms with Crippen LogP contribution in [0.25, 0.3) is 11.0 Å². The zero-order valence-corrected chi connectivity index (χ0v) is 18.5. The van der Waals surface area contributed by atoms with Crippen molar-refractivity contribution in [3.8, 4) is 0 Å². The molecule has 2 atom stereocenters. The summed E-state index contributed by atoms with van der Waals surface area (Å²) in [6.45, 7) is 11.5. The van der Waals surface area contributed by atoms with E-state index < -0.39 is 29.5 Å². The van der Waals surface area contributed by atoms with Gasteiger partial charge >= 0.3 is 12.2 Å². The number of likely N-dealkylation sites (tertiary alicyclic amines) is 1. The highest BCUT2D eigenvalue weighted by molar-refractivity contribution is 5.90. The molecule has 0 spiro atoms. The molecule has 0 radical (unpaired) electrons. The van der Waals surface area contributed by atoms with Gasteiger partial charge in [-0.25, -0.2) is 19.1 Å². The van der Waals surface area contributed by atoms with Gasteiger partial charge in [-0.05, 0) is 65.7 Å². The summed E-state index contributed by atoms with van der Waals surface area (Å²) >= 11 is 0. The van der Waals surface area contributed by atoms with Crippen LogP contribution in [0.15, 0.2) is 24.5 Å². The Morgan fingerprint density at radius 2 is 1.73 bits per heavy atom. The topological polar surface area (TPSA) is 93.9 Å². The van der Waals surface area contributed by atoms with E-state index in [1.54, 1.807) is 39.2 Å². The monoisotopic (exact) mass is 417 g/mol. The standard InChI is InChI=1S/C22H31N3O5/c1-21(2,3)29-19(27)24-11-9-14(17(26)13-24)16-12-25(20(28)30-22(4,5)6)18-15(16)8-7-10-23-18/h7-8,10,12,14,17,26H,9,11,13H2,1-6H3/t14-,17?/m0/s1. The largest absolute Gasteiger partial charge is 0.444 e. The summed E-state index contributed by atoms with van der Waals surface area (Å²) < 4.78 is 12.3. The van der Waals surface area contributed by atoms with Gasteiger partial charge in [0.15, 0.2) is 0 Å². The van der Waals surface area contributed by atoms with Gasteiger partial charge in [-0.2, -0.15) is 0 Å². The third-order valence-corrected chi connectivity index (χ3v) is 4.82. The van der Waals surface area contributed by atoms with Crippen molar-refractivity contribution in [3.05, 3.63) is 30.1 Å². The highest BCUT2D eigenvalue weighted by Crippen LogP contribution is 2.35. The maximum Gasteiger partial charge on any atom is 0.420 e. The molecule has 8 heteroatoms. The summed E-state index contributed by atoms with van der Waals surface area (Å²) in [6, 6.07) is 3.68. The lowest BCUT2D eigenvalue weighted by molar-refractivity contribution is -0.00139. The molecule has 0 aliphatic carbocycles. The van der Waals surface area contributed by atoms with E-state index in [-0.39, 0.29) is 12.5 Å². The van der Waals surface area contributed by atoms with Crippen LogP contribution in [0.3, 0.4) is 0 Å². The summed E-state index contributed by atoms with van der Waals surface area (Å²) in [5, 5.41) is 11.6. The minimum Gasteiger partial charge on any atom is -0.444 e. The molecule has 1 N–H and O–H groups in total. The number of rotatable bonds is 1. The molecule has 2 aromatic heterocycles. The van der Waals surface area contributed by atoms with Crippen LogP contribution in [0.4, 0.5) is 9.59 Å². The minimum atomic E-state index is -0.788. The molecule has 3 rings (SSSR count). The zero-order chi connectivity index (χ0) is 22.3. The van der Waals surface area contributed by atoms with Crippen LogP contribution < -0.4 is 0 Å². The summed E-state index contributed by atoms with van der Waals surface area (Å²) in [5.41, 5.74) is 0.0792. The molecule has 8 nitrogen and oxygen atoms in total. The summed E-state index contributed by atoms with van der Waals surface area (Å²) in [4.78, 5) is 30.9. The van der Waals surface area contributed by atoms with E-state index in [4.69, 9.17) is 9.47 Å². The molecule has 1 amide bonds. The molecule has 1 unspecified atom stereocenters. The van der Waals surface area contributed by atoms with Crippen molar-refractivity contribution in [1.29, 1.82) is 0 Å². The van der Waals surface area contributed by atoms with Crippen molar-refractivity contribution in [2.45, 2.75) is 71.2 Å². The van der Waals surface area contributed by atoms with E-state index in [2.05, 4.69) is 4.98 Å². The molecule has 164 valence electrons. The first-order valence-electron chi connectivity index (χ1n) is 10.2. The van der Waals surface area contributed by atoms with E-state index in [1.807, 2.05) is 26.8 Å². The molecular formula is C22H31N3O5. The quantitative estimate of drug-likeness (QED) is 0.756. The number of hydrogen-bond donors (Lipinski definition) is 1. The van der Waals surface area contributed by atoms with Crippen molar-refractivity contribution in [2.75, 3.05) is 13.1 Å². The lowest BCUT2D eigenvalue weighted by Crippen LogP contribution is -2.47. The lowest BCUT2D eigenvalue weighted by atomic mass is 9.87. The molecule has 0 saturated carbocycles. The molecule has 3 heterocycles. The van der Waals surface area contributed by atoms with Gasteiger partial charge in [0.2, 0.25) is 0 Å². The molecule has 0 bridgehead atoms. The Morgan fingerprint density at radius 1 is 1.10 bits per heavy atom. The van der Waals surface area contributed by atoms with Gasteiger partial charge in [-0.15, -0.1) is 0 Å². The van der Waals surface area contributed by atoms with Gasteiger partial charge in [-0.1, -0.05) is 0 Å². The summed E-state index contributed by atoms with van der Waals surface area (Å²) in [7, 11) is 0. The molecule has 30 heavy (non-hydrogen) atoms. The molecule has 2 aromatic rings. The molecule has 1 fully saturated rings. The lowest BCUT2D eigenvalue weighted by Gasteiger charge is -2.36. The van der Waals surface area contributed by atoms with Crippen molar-refractivity contribution < 1.29 is 24.2 Å². The highest BCUT2D eigenvalue weighted by atomic mass is 16.6. The van der Waals surface area contributed by atoms with E-state index in [9.17, 15) is 14.7 Å². The zero-order valence-electron chi connectivity index (χ0n) is 18.5. The normalized spacial score (nSPS) is 20.3. The van der Waals surface area contributed by atoms with Gasteiger partial charge in [0.1, 0.15) is 16.8 Å². The Kier molecular flexibility index (Phi) is 5.82. The Labute approximate surface area is 176 Å². The number of β-amino-alcohol motifs (C(OH)–C–C–N with tert-alkyl or cyclic N) is 1. The fourth-order valence-electron chi connectivity index (χ4n) is 3.62. The Morgan fingerprint density at radius 3 is 2.33 bits per heavy atom. The highest BCUT2D eigenvalue weighted by Gasteiger charge is 2.35. The van der Waals surface area contributed by atoms with Crippen molar-refractivity contribution in [2.24, 2.45) is 0 Å². The fourth-order valence-corrected chi connectivity index (χ4v) is 3.62. The SMILES string of the molecule is CC(C)(C)OC(=O)N1CC[C@@H](c2cn(C(=O)OC(C)(C)C)c3ncccc23)C(O)C1. The summed E-state index contributed by atoms with van der Waals surface area (Å²) in [5.74, 6) is -0.237. The van der Waals surface area contributed by atoms with Crippen molar-refractivity contribution >= 4 is 23.2 Å². The number of hydrogen-bond acceptors (Lipinski definition) is 6. The fraction of sp³-hybridized carbons (Fsp3) is 0.591. The van der Waals surface area contributed by atoms with Gasteiger partial charge < -0.3 is 19.5 Å². The van der Waals surface area contributed by atoms with Crippen LogP contribution in [-0.4, -0.2) is 62.1 Å². The van der Waals surface area contributed by atoms with Crippen LogP contribution in [0, 0.1) is 0 Å². The average Bonchev–Trinajstić information content (AvgIpc) is 2.98. The Bertz CT molecular complexity index is 938. The van der Waals surface area contributed by atoms with E-state index in [0.717, 1.165) is 10.9 Å². The number of pyridine rings is 1. The molecule has 1 aliphatic heterocycles. The number of fused-ring (bicyclic) bond motifs is 1. The Balaban J connectivity index is 1.86. The second-order valence-corrected chi connectivity index (χ2v) is 9.70. The van der Waals surface area contributed by atoms with Crippen LogP contribution in [0.2, 0.25) is 0 Å². The van der Waals surface area contributed by atoms with Gasteiger partial charge in [0.05, 0.1) is 12.6 Å². The van der Waals surface area contributed by atoms with E-state index >= 15 is 0 Å². The van der Waals surface area contributed by atoms with E-state index in [0.29, 0.717) is 18.6 Å². The Hall–Kier alpha value is -2.61. The number of amides is 1. The predicted molar refractivity (Wildman–Crippen MR) is 113 cm³/mol. The number of aliphatic hydroxyl groups is 1. The van der Waals surface area contributed by atoms with Crippen molar-refractivity contribution in [1.82, 2.24) is 14.5 Å². The molecular weight excluding hydrogens is 386 g/mol. The van der Waals surface area contributed by atoms with Gasteiger partial charge in [0.25, 0.3) is 0 Å². The second kappa shape index (κ2) is 7.91. The van der Waals surface area contributed by atoms with Crippen LogP contribution >= 0.6 is 0 Å². The average molecular weight is 418 g/mol. The number of aromatic nitrogens is 2. The molecule has 1 aliphatic rings. The molecule has 1 saturated heterocycles. The first-order chi connectivity index (χ1) is 13.9. The van der Waals surface area contributed by atoms with E-state index in [1.165, 1.54) is 9.47 Å². The minimum absolute atomic E-state index is 0.166. The van der Waals surface area contributed by atoms with Crippen molar-refractivity contribution in [3.63, 3.8) is 0 Å². The number of carbonyl (C=O) groups excluding carboxylic acids is 2. The number of aliphatic hydroxyl groups excluding tert-OH is 1. The van der Waals surface area contributed by atoms with Crippen LogP contribution in [-0.2, 0) is 9.47 Å². The first-order valence-corrected chi connectivity index (χ1v) is 10.2. The first kappa shape index (κ1) is 22.1. The predicted octanol–water partition coefficient (Wildman–Crippen LogP) is 3.90. The summed E-state index contributed by atoms with van der Waals surface area (Å²) in [6.07, 6.45) is 2.13. The third-order valence-electron chi connectivity index (χ3n) is 4.82. The van der Waals surface area contributed by atoms with Gasteiger partial charge in [-0.3, -0.25) is 0 Å². The maximum absolute atomic E-state index is 12.7. The number of nitrogens with zero attached hydrogens (tertiary/aromatic N) is 3. The third kappa shape index (κ3) is 4.92. The smallest absolute Gasteiger partial charge is 0.420 e. The molecule has 0 aromatic carbocycles. The maximum atomic E-state index is 12.7. The number of piperidine rings is 1. The number of carbonyl (C=O) groups is 2. The van der Waals surface area contributed by atoms with Crippen LogP contribution in [0.1, 0.15) is 59.4 Å². The second-order valence-electron chi connectivity index (χ2n) is 9.70. The van der Waals surface area contributed by atoms with Gasteiger partial charge in [0, 0.05) is 30.2 Å². The van der Waals surface area contributed by atoms with Crippen LogP contribution in [0.5, 0.6) is 0 Å². The number of ether oxygens (including phenoxy) is 2.